The van der Waals surface area contributed by atoms with E-state index in [9.17, 15) is 19.2 Å². The molecule has 1 rings (SSSR count). The zero-order valence-electron chi connectivity index (χ0n) is 8.50. The Kier molecular flexibility index (Phi) is 6.16. The van der Waals surface area contributed by atoms with Crippen molar-refractivity contribution in [3.8, 4) is 0 Å². The summed E-state index contributed by atoms with van der Waals surface area (Å²) >= 11 is 3.22. The first-order valence-corrected chi connectivity index (χ1v) is 4.70. The van der Waals surface area contributed by atoms with Gasteiger partial charge in [-0.3, -0.25) is 14.4 Å². The zero-order valence-corrected chi connectivity index (χ0v) is 9.40. The maximum atomic E-state index is 10.4. The molecule has 1 N–H and O–H groups in total. The number of hydrogen-bond acceptors (Lipinski definition) is 5. The number of hydrogen-bond donors (Lipinski definition) is 2. The van der Waals surface area contributed by atoms with Crippen LogP contribution in [0.15, 0.2) is 0 Å². The van der Waals surface area contributed by atoms with Crippen molar-refractivity contribution in [2.75, 3.05) is 6.54 Å². The van der Waals surface area contributed by atoms with E-state index >= 15 is 0 Å². The van der Waals surface area contributed by atoms with Crippen molar-refractivity contribution < 1.29 is 29.1 Å². The number of thiol groups is 1. The number of carboxylic acids is 1. The van der Waals surface area contributed by atoms with Crippen LogP contribution in [0, 0.1) is 0 Å². The lowest BCUT2D eigenvalue weighted by Gasteiger charge is -2.07. The van der Waals surface area contributed by atoms with Crippen LogP contribution in [0.2, 0.25) is 0 Å². The van der Waals surface area contributed by atoms with E-state index in [1.807, 2.05) is 0 Å². The van der Waals surface area contributed by atoms with Crippen molar-refractivity contribution in [3.63, 3.8) is 0 Å². The Morgan fingerprint density at radius 3 is 2.19 bits per heavy atom. The number of amides is 1. The monoisotopic (exact) mass is 249 g/mol. The minimum absolute atomic E-state index is 0.221. The van der Waals surface area contributed by atoms with E-state index in [2.05, 4.69) is 17.5 Å². The molecule has 0 aliphatic carbocycles. The molecule has 1 heterocycles. The number of carboxylic acid groups (broad SMARTS) is 1. The van der Waals surface area contributed by atoms with Crippen LogP contribution in [0.5, 0.6) is 0 Å². The Bertz CT molecular complexity index is 304. The van der Waals surface area contributed by atoms with Crippen molar-refractivity contribution >= 4 is 35.6 Å². The second-order valence-electron chi connectivity index (χ2n) is 2.80. The molecule has 0 spiro atoms. The third-order valence-electron chi connectivity index (χ3n) is 1.38. The fraction of sp³-hybridized carbons (Fsp3) is 0.500. The highest BCUT2D eigenvalue weighted by Crippen LogP contribution is 2.04. The van der Waals surface area contributed by atoms with Crippen molar-refractivity contribution in [2.45, 2.75) is 19.8 Å². The summed E-state index contributed by atoms with van der Waals surface area (Å²) < 4.78 is 0. The highest BCUT2D eigenvalue weighted by atomic mass is 32.1. The third-order valence-corrected chi connectivity index (χ3v) is 1.54. The molecule has 8 heteroatoms. The molecule has 0 saturated carbocycles. The van der Waals surface area contributed by atoms with Gasteiger partial charge in [0, 0.05) is 6.92 Å². The number of aliphatic carboxylic acids is 1. The van der Waals surface area contributed by atoms with Crippen LogP contribution < -0.4 is 0 Å². The molecular weight excluding hydrogens is 238 g/mol. The molecule has 16 heavy (non-hydrogen) atoms. The Morgan fingerprint density at radius 2 is 2.06 bits per heavy atom. The summed E-state index contributed by atoms with van der Waals surface area (Å²) in [5.74, 6) is -1.69. The average Bonchev–Trinajstić information content (AvgIpc) is 2.50. The van der Waals surface area contributed by atoms with Crippen LogP contribution >= 0.6 is 12.6 Å². The van der Waals surface area contributed by atoms with Gasteiger partial charge in [0.15, 0.2) is 5.12 Å². The van der Waals surface area contributed by atoms with E-state index < -0.39 is 17.5 Å². The molecule has 90 valence electrons. The third kappa shape index (κ3) is 6.82. The van der Waals surface area contributed by atoms with Gasteiger partial charge in [-0.25, -0.2) is 4.79 Å². The van der Waals surface area contributed by atoms with Gasteiger partial charge in [0.05, 0.1) is 13.0 Å². The van der Waals surface area contributed by atoms with Gasteiger partial charge in [0.25, 0.3) is 5.91 Å². The molecule has 0 aromatic carbocycles. The van der Waals surface area contributed by atoms with E-state index in [-0.39, 0.29) is 11.9 Å². The average molecular weight is 249 g/mol. The van der Waals surface area contributed by atoms with Crippen LogP contribution in [0.25, 0.3) is 0 Å². The molecule has 0 unspecified atom stereocenters. The Hall–Kier alpha value is -1.57. The van der Waals surface area contributed by atoms with Crippen LogP contribution in [-0.2, 0) is 24.0 Å². The first-order valence-electron chi connectivity index (χ1n) is 4.25. The number of carbonyl (C=O) groups is 4. The van der Waals surface area contributed by atoms with Gasteiger partial charge < -0.3 is 9.94 Å². The topological polar surface area (TPSA) is 101 Å². The summed E-state index contributed by atoms with van der Waals surface area (Å²) in [6.07, 6.45) is -0.178. The maximum Gasteiger partial charge on any atom is 0.334 e. The second kappa shape index (κ2) is 6.83. The summed E-state index contributed by atoms with van der Waals surface area (Å²) in [5, 5.41) is 8.25. The predicted molar refractivity (Wildman–Crippen MR) is 54.3 cm³/mol. The minimum Gasteiger partial charge on any atom is -0.481 e. The van der Waals surface area contributed by atoms with Crippen LogP contribution in [0.4, 0.5) is 0 Å². The standard InChI is InChI=1S/C5H7NO3.C3H4O3S/c1-4(7)6-3-2-5(8)9-6;4-2(5)1-3(6)7/h2-3H2,1H3;1H2,(H,4,5)(H,6,7). The largest absolute Gasteiger partial charge is 0.481 e. The van der Waals surface area contributed by atoms with Crippen LogP contribution in [0.3, 0.4) is 0 Å². The molecule has 1 saturated heterocycles. The highest BCUT2D eigenvalue weighted by Gasteiger charge is 2.22. The predicted octanol–water partition coefficient (Wildman–Crippen LogP) is -0.386. The van der Waals surface area contributed by atoms with Gasteiger partial charge in [0.2, 0.25) is 0 Å². The van der Waals surface area contributed by atoms with Crippen molar-refractivity contribution in [3.05, 3.63) is 0 Å². The highest BCUT2D eigenvalue weighted by molar-refractivity contribution is 7.96. The fourth-order valence-electron chi connectivity index (χ4n) is 0.758. The Balaban J connectivity index is 0.000000293. The van der Waals surface area contributed by atoms with Gasteiger partial charge in [-0.15, -0.1) is 12.6 Å². The quantitative estimate of drug-likeness (QED) is 0.510. The summed E-state index contributed by atoms with van der Waals surface area (Å²) in [6, 6.07) is 0. The van der Waals surface area contributed by atoms with E-state index in [0.717, 1.165) is 5.06 Å². The Labute approximate surface area is 96.7 Å². The van der Waals surface area contributed by atoms with E-state index in [4.69, 9.17) is 5.11 Å². The first kappa shape index (κ1) is 14.4. The molecule has 0 aromatic rings. The fourth-order valence-corrected chi connectivity index (χ4v) is 0.893. The zero-order chi connectivity index (χ0) is 12.7. The second-order valence-corrected chi connectivity index (χ2v) is 3.30. The van der Waals surface area contributed by atoms with E-state index in [1.54, 1.807) is 0 Å². The van der Waals surface area contributed by atoms with Gasteiger partial charge >= 0.3 is 11.9 Å². The summed E-state index contributed by atoms with van der Waals surface area (Å²) in [6.45, 7) is 1.76. The van der Waals surface area contributed by atoms with Gasteiger partial charge in [-0.2, -0.15) is 5.06 Å². The summed E-state index contributed by atoms with van der Waals surface area (Å²) in [5.41, 5.74) is 0. The smallest absolute Gasteiger partial charge is 0.334 e. The van der Waals surface area contributed by atoms with E-state index in [0.29, 0.717) is 13.0 Å². The maximum absolute atomic E-state index is 10.4. The minimum atomic E-state index is -1.14. The molecular formula is C8H11NO6S. The lowest BCUT2D eigenvalue weighted by Crippen LogP contribution is -2.23. The van der Waals surface area contributed by atoms with Crippen LogP contribution in [0.1, 0.15) is 19.8 Å². The molecule has 1 aliphatic rings. The normalized spacial score (nSPS) is 13.6. The summed E-state index contributed by atoms with van der Waals surface area (Å²) in [4.78, 5) is 44.5. The van der Waals surface area contributed by atoms with Gasteiger partial charge in [-0.05, 0) is 0 Å². The molecule has 7 nitrogen and oxygen atoms in total. The van der Waals surface area contributed by atoms with Crippen molar-refractivity contribution in [1.29, 1.82) is 0 Å². The molecule has 1 amide bonds. The van der Waals surface area contributed by atoms with Gasteiger partial charge in [-0.1, -0.05) is 0 Å². The molecule has 0 radical (unpaired) electrons. The molecule has 0 aromatic heterocycles. The first-order chi connectivity index (χ1) is 7.32. The van der Waals surface area contributed by atoms with E-state index in [1.165, 1.54) is 6.92 Å². The lowest BCUT2D eigenvalue weighted by molar-refractivity contribution is -0.180. The summed E-state index contributed by atoms with van der Waals surface area (Å²) in [7, 11) is 0. The number of nitrogens with zero attached hydrogens (tertiary/aromatic N) is 1. The molecule has 0 bridgehead atoms. The van der Waals surface area contributed by atoms with Crippen molar-refractivity contribution in [1.82, 2.24) is 5.06 Å². The molecule has 1 fully saturated rings. The van der Waals surface area contributed by atoms with Crippen molar-refractivity contribution in [2.24, 2.45) is 0 Å². The SMILES string of the molecule is CC(=O)N1CCC(=O)O1.O=C(O)CC(=O)S. The number of carbonyl (C=O) groups excluding carboxylic acids is 3. The molecule has 1 aliphatic heterocycles. The van der Waals surface area contributed by atoms with Crippen LogP contribution in [-0.4, -0.2) is 39.7 Å². The number of hydroxylamine groups is 2. The molecule has 0 atom stereocenters. The van der Waals surface area contributed by atoms with Gasteiger partial charge in [0.1, 0.15) is 6.42 Å². The Morgan fingerprint density at radius 1 is 1.50 bits per heavy atom. The lowest BCUT2D eigenvalue weighted by atomic mass is 10.4. The number of rotatable bonds is 2.